The molecule has 0 aliphatic carbocycles. The molecule has 5 nitrogen and oxygen atoms in total. The molecule has 0 spiro atoms. The molecule has 0 aliphatic heterocycles. The highest BCUT2D eigenvalue weighted by Gasteiger charge is 2.16. The highest BCUT2D eigenvalue weighted by atomic mass is 16.2. The van der Waals surface area contributed by atoms with Gasteiger partial charge in [-0.15, -0.1) is 0 Å². The van der Waals surface area contributed by atoms with E-state index in [-0.39, 0.29) is 11.7 Å². The number of Topliss-reactive ketones (excluding diaryl/α,β-unsaturated/α-hetero) is 1. The first-order valence-electron chi connectivity index (χ1n) is 7.48. The summed E-state index contributed by atoms with van der Waals surface area (Å²) in [4.78, 5) is 28.3. The molecule has 2 heterocycles. The van der Waals surface area contributed by atoms with Crippen molar-refractivity contribution >= 4 is 22.9 Å². The number of hydrogen-bond acceptors (Lipinski definition) is 3. The maximum atomic E-state index is 12.5. The predicted molar refractivity (Wildman–Crippen MR) is 89.0 cm³/mol. The minimum Gasteiger partial charge on any atom is -0.321 e. The van der Waals surface area contributed by atoms with Crippen LogP contribution in [0.5, 0.6) is 0 Å². The fraction of sp³-hybridized carbons (Fsp3) is 0.167. The van der Waals surface area contributed by atoms with Crippen LogP contribution in [0.4, 0.5) is 5.69 Å². The Kier molecular flexibility index (Phi) is 3.93. The number of nitrogens with one attached hydrogen (secondary N) is 1. The van der Waals surface area contributed by atoms with Crippen LogP contribution >= 0.6 is 0 Å². The normalized spacial score (nSPS) is 10.7. The number of anilines is 1. The van der Waals surface area contributed by atoms with Gasteiger partial charge in [0, 0.05) is 23.9 Å². The molecule has 3 rings (SSSR count). The van der Waals surface area contributed by atoms with Crippen molar-refractivity contribution in [3.05, 3.63) is 65.7 Å². The number of carbonyl (C=O) groups is 2. The molecule has 0 saturated heterocycles. The molecule has 116 valence electrons. The average molecular weight is 307 g/mol. The van der Waals surface area contributed by atoms with E-state index in [1.54, 1.807) is 24.3 Å². The van der Waals surface area contributed by atoms with Crippen LogP contribution in [0.3, 0.4) is 0 Å². The van der Waals surface area contributed by atoms with E-state index in [0.717, 1.165) is 17.8 Å². The Bertz CT molecular complexity index is 879. The van der Waals surface area contributed by atoms with Gasteiger partial charge in [-0.05, 0) is 43.3 Å². The van der Waals surface area contributed by atoms with E-state index < -0.39 is 0 Å². The number of pyridine rings is 1. The van der Waals surface area contributed by atoms with E-state index in [4.69, 9.17) is 0 Å². The molecule has 1 N–H and O–H groups in total. The molecule has 0 unspecified atom stereocenters. The highest BCUT2D eigenvalue weighted by molar-refractivity contribution is 6.07. The minimum absolute atomic E-state index is 0.00411. The number of benzene rings is 1. The first-order valence-corrected chi connectivity index (χ1v) is 7.48. The Hall–Kier alpha value is -2.95. The topological polar surface area (TPSA) is 63.5 Å². The fourth-order valence-electron chi connectivity index (χ4n) is 2.50. The maximum absolute atomic E-state index is 12.5. The number of nitrogens with zero attached hydrogens (tertiary/aromatic N) is 2. The van der Waals surface area contributed by atoms with Crippen LogP contribution in [-0.2, 0) is 6.42 Å². The van der Waals surface area contributed by atoms with Crippen molar-refractivity contribution < 1.29 is 9.59 Å². The first kappa shape index (κ1) is 15.0. The van der Waals surface area contributed by atoms with Crippen LogP contribution in [0.15, 0.2) is 48.7 Å². The van der Waals surface area contributed by atoms with E-state index >= 15 is 0 Å². The maximum Gasteiger partial charge on any atom is 0.276 e. The molecule has 5 heteroatoms. The van der Waals surface area contributed by atoms with E-state index in [2.05, 4.69) is 10.3 Å². The lowest BCUT2D eigenvalue weighted by Gasteiger charge is -2.04. The summed E-state index contributed by atoms with van der Waals surface area (Å²) in [5.41, 5.74) is 2.43. The molecule has 0 radical (unpaired) electrons. The zero-order chi connectivity index (χ0) is 16.4. The van der Waals surface area contributed by atoms with Crippen LogP contribution in [0.1, 0.15) is 40.5 Å². The summed E-state index contributed by atoms with van der Waals surface area (Å²) in [7, 11) is 0. The number of aromatic nitrogens is 2. The van der Waals surface area contributed by atoms with Gasteiger partial charge in [0.15, 0.2) is 11.5 Å². The van der Waals surface area contributed by atoms with Crippen molar-refractivity contribution in [2.45, 2.75) is 20.3 Å². The highest BCUT2D eigenvalue weighted by Crippen LogP contribution is 2.16. The van der Waals surface area contributed by atoms with Crippen LogP contribution in [0.2, 0.25) is 0 Å². The molecule has 0 aliphatic rings. The van der Waals surface area contributed by atoms with Crippen LogP contribution in [-0.4, -0.2) is 21.1 Å². The van der Waals surface area contributed by atoms with E-state index in [1.807, 2.05) is 35.7 Å². The van der Waals surface area contributed by atoms with E-state index in [9.17, 15) is 9.59 Å². The Morgan fingerprint density at radius 1 is 1.13 bits per heavy atom. The molecule has 1 aromatic carbocycles. The van der Waals surface area contributed by atoms with Gasteiger partial charge in [0.1, 0.15) is 5.82 Å². The van der Waals surface area contributed by atoms with E-state index in [1.165, 1.54) is 6.92 Å². The van der Waals surface area contributed by atoms with Gasteiger partial charge in [-0.2, -0.15) is 0 Å². The van der Waals surface area contributed by atoms with Crippen LogP contribution in [0.25, 0.3) is 5.52 Å². The van der Waals surface area contributed by atoms with Crippen molar-refractivity contribution in [3.63, 3.8) is 0 Å². The van der Waals surface area contributed by atoms with Gasteiger partial charge >= 0.3 is 0 Å². The lowest BCUT2D eigenvalue weighted by molar-refractivity contribution is 0.101. The van der Waals surface area contributed by atoms with Gasteiger partial charge in [0.05, 0.1) is 5.52 Å². The Morgan fingerprint density at radius 3 is 2.52 bits per heavy atom. The minimum atomic E-state index is -0.260. The van der Waals surface area contributed by atoms with Gasteiger partial charge in [0.2, 0.25) is 0 Å². The van der Waals surface area contributed by atoms with E-state index in [0.29, 0.717) is 16.9 Å². The summed E-state index contributed by atoms with van der Waals surface area (Å²) in [6.45, 7) is 3.51. The first-order chi connectivity index (χ1) is 11.1. The van der Waals surface area contributed by atoms with Gasteiger partial charge < -0.3 is 9.72 Å². The number of carbonyl (C=O) groups excluding carboxylic acids is 2. The number of fused-ring (bicyclic) bond motifs is 1. The molecule has 2 aromatic heterocycles. The third-order valence-electron chi connectivity index (χ3n) is 3.70. The molecule has 3 aromatic rings. The molecule has 0 saturated carbocycles. The Labute approximate surface area is 134 Å². The third kappa shape index (κ3) is 2.85. The van der Waals surface area contributed by atoms with Gasteiger partial charge in [-0.3, -0.25) is 9.59 Å². The summed E-state index contributed by atoms with van der Waals surface area (Å²) in [5, 5.41) is 2.83. The molecular formula is C18H17N3O2. The summed E-state index contributed by atoms with van der Waals surface area (Å²) in [5.74, 6) is 0.581. The fourth-order valence-corrected chi connectivity index (χ4v) is 2.50. The summed E-state index contributed by atoms with van der Waals surface area (Å²) < 4.78 is 1.92. The average Bonchev–Trinajstić information content (AvgIpc) is 2.94. The van der Waals surface area contributed by atoms with Gasteiger partial charge in [-0.25, -0.2) is 4.98 Å². The molecular weight excluding hydrogens is 290 g/mol. The molecule has 0 fully saturated rings. The van der Waals surface area contributed by atoms with Crippen molar-refractivity contribution in [3.8, 4) is 0 Å². The predicted octanol–water partition coefficient (Wildman–Crippen LogP) is 3.35. The summed E-state index contributed by atoms with van der Waals surface area (Å²) in [6, 6.07) is 12.5. The number of amides is 1. The van der Waals surface area contributed by atoms with Crippen molar-refractivity contribution in [1.82, 2.24) is 9.38 Å². The van der Waals surface area contributed by atoms with Crippen LogP contribution in [0, 0.1) is 0 Å². The van der Waals surface area contributed by atoms with Gasteiger partial charge in [0.25, 0.3) is 5.91 Å². The SMILES string of the molecule is CCc1nc(C(=O)Nc2ccc(C(C)=O)cc2)c2ccccn12. The second-order valence-corrected chi connectivity index (χ2v) is 5.27. The second kappa shape index (κ2) is 6.04. The quantitative estimate of drug-likeness (QED) is 0.752. The van der Waals surface area contributed by atoms with Crippen LogP contribution < -0.4 is 5.32 Å². The molecule has 1 amide bonds. The van der Waals surface area contributed by atoms with Crippen molar-refractivity contribution in [2.75, 3.05) is 5.32 Å². The number of imidazole rings is 1. The van der Waals surface area contributed by atoms with Gasteiger partial charge in [-0.1, -0.05) is 13.0 Å². The number of aryl methyl sites for hydroxylation is 1. The molecule has 0 atom stereocenters. The Balaban J connectivity index is 1.90. The molecule has 23 heavy (non-hydrogen) atoms. The third-order valence-corrected chi connectivity index (χ3v) is 3.70. The lowest BCUT2D eigenvalue weighted by Crippen LogP contribution is -2.13. The zero-order valence-corrected chi connectivity index (χ0v) is 13.0. The zero-order valence-electron chi connectivity index (χ0n) is 13.0. The summed E-state index contributed by atoms with van der Waals surface area (Å²) >= 11 is 0. The number of rotatable bonds is 4. The Morgan fingerprint density at radius 2 is 1.87 bits per heavy atom. The second-order valence-electron chi connectivity index (χ2n) is 5.27. The van der Waals surface area contributed by atoms with Crippen molar-refractivity contribution in [2.24, 2.45) is 0 Å². The smallest absolute Gasteiger partial charge is 0.276 e. The number of hydrogen-bond donors (Lipinski definition) is 1. The standard InChI is InChI=1S/C18H17N3O2/c1-3-16-20-17(15-6-4-5-11-21(15)16)18(23)19-14-9-7-13(8-10-14)12(2)22/h4-11H,3H2,1-2H3,(H,19,23). The van der Waals surface area contributed by atoms with Crippen molar-refractivity contribution in [1.29, 1.82) is 0 Å². The largest absolute Gasteiger partial charge is 0.321 e. The number of ketones is 1. The molecule has 0 bridgehead atoms. The monoisotopic (exact) mass is 307 g/mol. The summed E-state index contributed by atoms with van der Waals surface area (Å²) in [6.07, 6.45) is 2.64. The lowest BCUT2D eigenvalue weighted by atomic mass is 10.1.